The van der Waals surface area contributed by atoms with Crippen LogP contribution in [0.5, 0.6) is 0 Å². The number of fused-ring (bicyclic) bond motifs is 1. The number of imidazole rings is 1. The number of morpholine rings is 1. The zero-order valence-electron chi connectivity index (χ0n) is 18.5. The Morgan fingerprint density at radius 2 is 1.88 bits per heavy atom. The standard InChI is InChI=1S/C23H25F2N7O/c1-14-9-21(29-28-14)27-22-11-17(13-31-5-7-33-8-6-31)23-26-15(2)20(32(23)30-22)10-16-3-4-18(24)12-19(16)25/h3-4,9,11-12H,5-8,10,13H2,1-2H3,(H2,27,28,29,30). The minimum absolute atomic E-state index is 0.244. The molecular weight excluding hydrogens is 428 g/mol. The second kappa shape index (κ2) is 8.87. The van der Waals surface area contributed by atoms with E-state index in [1.807, 2.05) is 26.0 Å². The number of hydrogen-bond acceptors (Lipinski definition) is 6. The zero-order valence-corrected chi connectivity index (χ0v) is 18.5. The summed E-state index contributed by atoms with van der Waals surface area (Å²) in [6.07, 6.45) is 0.244. The molecular formula is C23H25F2N7O. The molecule has 0 saturated carbocycles. The van der Waals surface area contributed by atoms with Gasteiger partial charge < -0.3 is 10.1 Å². The van der Waals surface area contributed by atoms with Crippen molar-refractivity contribution in [3.63, 3.8) is 0 Å². The molecule has 0 amide bonds. The summed E-state index contributed by atoms with van der Waals surface area (Å²) >= 11 is 0. The number of nitrogens with one attached hydrogen (secondary N) is 2. The van der Waals surface area contributed by atoms with E-state index in [9.17, 15) is 8.78 Å². The van der Waals surface area contributed by atoms with Crippen molar-refractivity contribution in [2.45, 2.75) is 26.8 Å². The third-order valence-corrected chi connectivity index (χ3v) is 5.79. The lowest BCUT2D eigenvalue weighted by Crippen LogP contribution is -2.35. The molecule has 33 heavy (non-hydrogen) atoms. The molecule has 172 valence electrons. The summed E-state index contributed by atoms with van der Waals surface area (Å²) in [6.45, 7) is 7.56. The molecule has 1 aliphatic heterocycles. The van der Waals surface area contributed by atoms with E-state index in [0.717, 1.165) is 47.4 Å². The summed E-state index contributed by atoms with van der Waals surface area (Å²) in [5.41, 5.74) is 4.54. The fraction of sp³-hybridized carbons (Fsp3) is 0.348. The monoisotopic (exact) mass is 453 g/mol. The second-order valence-electron chi connectivity index (χ2n) is 8.30. The van der Waals surface area contributed by atoms with Crippen LogP contribution < -0.4 is 5.32 Å². The summed E-state index contributed by atoms with van der Waals surface area (Å²) in [6, 6.07) is 7.50. The molecule has 0 aliphatic carbocycles. The van der Waals surface area contributed by atoms with Crippen LogP contribution in [-0.2, 0) is 17.7 Å². The molecule has 0 bridgehead atoms. The van der Waals surface area contributed by atoms with Crippen LogP contribution in [-0.4, -0.2) is 56.0 Å². The van der Waals surface area contributed by atoms with Crippen LogP contribution in [0, 0.1) is 25.5 Å². The van der Waals surface area contributed by atoms with Crippen molar-refractivity contribution in [1.82, 2.24) is 29.7 Å². The van der Waals surface area contributed by atoms with Gasteiger partial charge in [0.1, 0.15) is 11.6 Å². The summed E-state index contributed by atoms with van der Waals surface area (Å²) in [5.74, 6) is 0.0760. The molecule has 1 fully saturated rings. The fourth-order valence-corrected chi connectivity index (χ4v) is 4.07. The van der Waals surface area contributed by atoms with Gasteiger partial charge in [0.15, 0.2) is 17.3 Å². The Kier molecular flexibility index (Phi) is 5.77. The lowest BCUT2D eigenvalue weighted by Gasteiger charge is -2.26. The van der Waals surface area contributed by atoms with Crippen molar-refractivity contribution in [2.75, 3.05) is 31.6 Å². The van der Waals surface area contributed by atoms with E-state index in [0.29, 0.717) is 37.0 Å². The zero-order chi connectivity index (χ0) is 22.9. The molecule has 3 aromatic heterocycles. The van der Waals surface area contributed by atoms with E-state index in [1.165, 1.54) is 12.1 Å². The number of nitrogens with zero attached hydrogens (tertiary/aromatic N) is 5. The number of anilines is 2. The molecule has 4 aromatic rings. The Morgan fingerprint density at radius 1 is 1.06 bits per heavy atom. The molecule has 1 aromatic carbocycles. The first kappa shape index (κ1) is 21.5. The van der Waals surface area contributed by atoms with Crippen molar-refractivity contribution >= 4 is 17.3 Å². The predicted molar refractivity (Wildman–Crippen MR) is 120 cm³/mol. The van der Waals surface area contributed by atoms with Gasteiger partial charge in [0, 0.05) is 49.4 Å². The molecule has 10 heteroatoms. The topological polar surface area (TPSA) is 83.4 Å². The number of rotatable bonds is 6. The molecule has 0 unspecified atom stereocenters. The fourth-order valence-electron chi connectivity index (χ4n) is 4.07. The van der Waals surface area contributed by atoms with E-state index in [1.54, 1.807) is 4.52 Å². The van der Waals surface area contributed by atoms with Gasteiger partial charge in [-0.25, -0.2) is 18.3 Å². The molecule has 1 aliphatic rings. The van der Waals surface area contributed by atoms with Gasteiger partial charge in [-0.2, -0.15) is 5.10 Å². The van der Waals surface area contributed by atoms with Crippen molar-refractivity contribution < 1.29 is 13.5 Å². The average molecular weight is 453 g/mol. The third kappa shape index (κ3) is 4.57. The van der Waals surface area contributed by atoms with Gasteiger partial charge in [-0.1, -0.05) is 6.07 Å². The lowest BCUT2D eigenvalue weighted by atomic mass is 10.1. The van der Waals surface area contributed by atoms with Crippen LogP contribution in [0.1, 0.15) is 28.2 Å². The molecule has 4 heterocycles. The lowest BCUT2D eigenvalue weighted by molar-refractivity contribution is 0.0343. The highest BCUT2D eigenvalue weighted by Crippen LogP contribution is 2.24. The van der Waals surface area contributed by atoms with E-state index >= 15 is 0 Å². The van der Waals surface area contributed by atoms with Crippen LogP contribution in [0.3, 0.4) is 0 Å². The van der Waals surface area contributed by atoms with Crippen molar-refractivity contribution in [3.8, 4) is 0 Å². The smallest absolute Gasteiger partial charge is 0.158 e. The normalized spacial score (nSPS) is 14.8. The predicted octanol–water partition coefficient (Wildman–Crippen LogP) is 3.51. The van der Waals surface area contributed by atoms with Crippen molar-refractivity contribution in [1.29, 1.82) is 0 Å². The van der Waals surface area contributed by atoms with Gasteiger partial charge in [0.2, 0.25) is 0 Å². The number of aromatic amines is 1. The minimum atomic E-state index is -0.599. The maximum atomic E-state index is 14.4. The summed E-state index contributed by atoms with van der Waals surface area (Å²) in [4.78, 5) is 7.08. The van der Waals surface area contributed by atoms with Gasteiger partial charge >= 0.3 is 0 Å². The molecule has 8 nitrogen and oxygen atoms in total. The highest BCUT2D eigenvalue weighted by atomic mass is 19.1. The molecule has 2 N–H and O–H groups in total. The Labute approximate surface area is 189 Å². The van der Waals surface area contributed by atoms with Crippen molar-refractivity contribution in [3.05, 3.63) is 70.2 Å². The van der Waals surface area contributed by atoms with Gasteiger partial charge in [-0.05, 0) is 31.5 Å². The second-order valence-corrected chi connectivity index (χ2v) is 8.30. The minimum Gasteiger partial charge on any atom is -0.379 e. The Hall–Kier alpha value is -3.37. The van der Waals surface area contributed by atoms with Gasteiger partial charge in [-0.3, -0.25) is 10.00 Å². The summed E-state index contributed by atoms with van der Waals surface area (Å²) < 4.78 is 35.0. The first-order valence-electron chi connectivity index (χ1n) is 10.9. The third-order valence-electron chi connectivity index (χ3n) is 5.79. The van der Waals surface area contributed by atoms with E-state index in [4.69, 9.17) is 14.8 Å². The number of hydrogen-bond donors (Lipinski definition) is 2. The Bertz CT molecular complexity index is 1290. The van der Waals surface area contributed by atoms with Crippen LogP contribution in [0.15, 0.2) is 30.3 Å². The van der Waals surface area contributed by atoms with Crippen LogP contribution in [0.25, 0.3) is 5.65 Å². The number of aryl methyl sites for hydroxylation is 2. The van der Waals surface area contributed by atoms with Crippen LogP contribution >= 0.6 is 0 Å². The number of ether oxygens (including phenoxy) is 1. The van der Waals surface area contributed by atoms with Gasteiger partial charge in [0.05, 0.1) is 24.6 Å². The quantitative estimate of drug-likeness (QED) is 0.465. The van der Waals surface area contributed by atoms with Gasteiger partial charge in [-0.15, -0.1) is 5.10 Å². The number of benzene rings is 1. The maximum Gasteiger partial charge on any atom is 0.158 e. The summed E-state index contributed by atoms with van der Waals surface area (Å²) in [5, 5.41) is 15.1. The number of aromatic nitrogens is 5. The van der Waals surface area contributed by atoms with Crippen LogP contribution in [0.4, 0.5) is 20.4 Å². The highest BCUT2D eigenvalue weighted by molar-refractivity contribution is 5.59. The SMILES string of the molecule is Cc1cc(Nc2cc(CN3CCOCC3)c3nc(C)c(Cc4ccc(F)cc4F)n3n2)n[nH]1. The summed E-state index contributed by atoms with van der Waals surface area (Å²) in [7, 11) is 0. The van der Waals surface area contributed by atoms with Gasteiger partial charge in [0.25, 0.3) is 0 Å². The number of halogens is 2. The largest absolute Gasteiger partial charge is 0.379 e. The maximum absolute atomic E-state index is 14.4. The first-order valence-corrected chi connectivity index (χ1v) is 10.9. The molecule has 0 spiro atoms. The molecule has 0 atom stereocenters. The Balaban J connectivity index is 1.57. The molecule has 0 radical (unpaired) electrons. The Morgan fingerprint density at radius 3 is 2.61 bits per heavy atom. The van der Waals surface area contributed by atoms with E-state index in [2.05, 4.69) is 20.4 Å². The number of H-pyrrole nitrogens is 1. The highest BCUT2D eigenvalue weighted by Gasteiger charge is 2.20. The van der Waals surface area contributed by atoms with Crippen LogP contribution in [0.2, 0.25) is 0 Å². The molecule has 1 saturated heterocycles. The average Bonchev–Trinajstić information content (AvgIpc) is 3.33. The first-order chi connectivity index (χ1) is 16.0. The van der Waals surface area contributed by atoms with E-state index < -0.39 is 11.6 Å². The molecule has 5 rings (SSSR count). The van der Waals surface area contributed by atoms with Crippen molar-refractivity contribution in [2.24, 2.45) is 0 Å². The van der Waals surface area contributed by atoms with E-state index in [-0.39, 0.29) is 6.42 Å².